The Balaban J connectivity index is 1.97. The van der Waals surface area contributed by atoms with Gasteiger partial charge in [0.15, 0.2) is 0 Å². The normalized spacial score (nSPS) is 32.9. The Hall–Kier alpha value is -0.570. The predicted octanol–water partition coefficient (Wildman–Crippen LogP) is 1.72. The summed E-state index contributed by atoms with van der Waals surface area (Å²) in [5.41, 5.74) is 0. The van der Waals surface area contributed by atoms with E-state index in [1.165, 1.54) is 39.2 Å². The first-order valence-electron chi connectivity index (χ1n) is 6.14. The van der Waals surface area contributed by atoms with E-state index in [-0.39, 0.29) is 11.9 Å². The minimum atomic E-state index is -0.0180. The van der Waals surface area contributed by atoms with Crippen molar-refractivity contribution in [3.63, 3.8) is 0 Å². The maximum Gasteiger partial charge on any atom is 0.310 e. The van der Waals surface area contributed by atoms with Crippen LogP contribution < -0.4 is 5.32 Å². The first-order chi connectivity index (χ1) is 7.33. The topological polar surface area (TPSA) is 38.3 Å². The van der Waals surface area contributed by atoms with Gasteiger partial charge in [0, 0.05) is 6.04 Å². The van der Waals surface area contributed by atoms with Crippen molar-refractivity contribution in [2.75, 3.05) is 13.7 Å². The molecule has 1 saturated heterocycles. The fourth-order valence-electron chi connectivity index (χ4n) is 3.13. The molecule has 0 aromatic heterocycles. The molecule has 3 heteroatoms. The molecule has 1 N–H and O–H groups in total. The summed E-state index contributed by atoms with van der Waals surface area (Å²) in [6.45, 7) is 0.973. The molecule has 0 bridgehead atoms. The summed E-state index contributed by atoms with van der Waals surface area (Å²) < 4.78 is 4.88. The molecule has 15 heavy (non-hydrogen) atoms. The van der Waals surface area contributed by atoms with Crippen LogP contribution in [0.15, 0.2) is 0 Å². The number of hydrogen-bond donors (Lipinski definition) is 1. The predicted molar refractivity (Wildman–Crippen MR) is 58.5 cm³/mol. The van der Waals surface area contributed by atoms with Gasteiger partial charge in [0.2, 0.25) is 0 Å². The highest BCUT2D eigenvalue weighted by atomic mass is 16.5. The minimum Gasteiger partial charge on any atom is -0.469 e. The molecule has 0 aromatic carbocycles. The summed E-state index contributed by atoms with van der Waals surface area (Å²) in [5, 5.41) is 3.49. The molecule has 1 heterocycles. The number of nitrogens with one attached hydrogen (secondary N) is 1. The Morgan fingerprint density at radius 2 is 1.93 bits per heavy atom. The molecule has 1 aliphatic heterocycles. The molecule has 2 aliphatic rings. The average Bonchev–Trinajstić information content (AvgIpc) is 2.78. The highest BCUT2D eigenvalue weighted by Gasteiger charge is 2.38. The van der Waals surface area contributed by atoms with Gasteiger partial charge in [-0.15, -0.1) is 0 Å². The van der Waals surface area contributed by atoms with Crippen LogP contribution >= 0.6 is 0 Å². The Morgan fingerprint density at radius 3 is 2.60 bits per heavy atom. The van der Waals surface area contributed by atoms with Crippen LogP contribution in [0.25, 0.3) is 0 Å². The van der Waals surface area contributed by atoms with Crippen molar-refractivity contribution >= 4 is 5.97 Å². The van der Waals surface area contributed by atoms with Crippen molar-refractivity contribution < 1.29 is 9.53 Å². The van der Waals surface area contributed by atoms with Gasteiger partial charge in [0.25, 0.3) is 0 Å². The maximum absolute atomic E-state index is 11.6. The molecular weight excluding hydrogens is 190 g/mol. The third-order valence-electron chi connectivity index (χ3n) is 3.93. The quantitative estimate of drug-likeness (QED) is 0.707. The fourth-order valence-corrected chi connectivity index (χ4v) is 3.13. The van der Waals surface area contributed by atoms with E-state index in [0.717, 1.165) is 13.0 Å². The maximum atomic E-state index is 11.6. The zero-order chi connectivity index (χ0) is 10.7. The number of ether oxygens (including phenoxy) is 1. The number of esters is 1. The summed E-state index contributed by atoms with van der Waals surface area (Å²) in [6.07, 6.45) is 7.55. The number of rotatable bonds is 2. The molecule has 86 valence electrons. The van der Waals surface area contributed by atoms with Crippen molar-refractivity contribution in [2.45, 2.75) is 44.6 Å². The molecule has 0 spiro atoms. The highest BCUT2D eigenvalue weighted by molar-refractivity contribution is 5.73. The van der Waals surface area contributed by atoms with Crippen LogP contribution in [-0.2, 0) is 9.53 Å². The summed E-state index contributed by atoms with van der Waals surface area (Å²) >= 11 is 0. The largest absolute Gasteiger partial charge is 0.469 e. The van der Waals surface area contributed by atoms with Crippen LogP contribution in [0.3, 0.4) is 0 Å². The number of carbonyl (C=O) groups excluding carboxylic acids is 1. The Kier molecular flexibility index (Phi) is 3.62. The van der Waals surface area contributed by atoms with Gasteiger partial charge in [-0.2, -0.15) is 0 Å². The number of carbonyl (C=O) groups is 1. The van der Waals surface area contributed by atoms with Gasteiger partial charge in [-0.3, -0.25) is 4.79 Å². The third kappa shape index (κ3) is 2.33. The molecule has 2 fully saturated rings. The van der Waals surface area contributed by atoms with Gasteiger partial charge < -0.3 is 10.1 Å². The second-order valence-corrected chi connectivity index (χ2v) is 4.80. The van der Waals surface area contributed by atoms with Gasteiger partial charge in [0.05, 0.1) is 13.0 Å². The Labute approximate surface area is 91.6 Å². The van der Waals surface area contributed by atoms with E-state index in [0.29, 0.717) is 12.0 Å². The van der Waals surface area contributed by atoms with E-state index < -0.39 is 0 Å². The average molecular weight is 211 g/mol. The lowest BCUT2D eigenvalue weighted by Crippen LogP contribution is -2.39. The van der Waals surface area contributed by atoms with Gasteiger partial charge in [-0.25, -0.2) is 0 Å². The van der Waals surface area contributed by atoms with Crippen LogP contribution in [0.2, 0.25) is 0 Å². The van der Waals surface area contributed by atoms with Gasteiger partial charge in [0.1, 0.15) is 0 Å². The zero-order valence-electron chi connectivity index (χ0n) is 9.50. The second kappa shape index (κ2) is 4.97. The minimum absolute atomic E-state index is 0.0180. The molecule has 0 amide bonds. The van der Waals surface area contributed by atoms with Gasteiger partial charge in [-0.1, -0.05) is 19.3 Å². The zero-order valence-corrected chi connectivity index (χ0v) is 9.50. The van der Waals surface area contributed by atoms with Crippen molar-refractivity contribution in [3.8, 4) is 0 Å². The Morgan fingerprint density at radius 1 is 1.20 bits per heavy atom. The summed E-state index contributed by atoms with van der Waals surface area (Å²) in [7, 11) is 1.50. The smallest absolute Gasteiger partial charge is 0.310 e. The Bertz CT molecular complexity index is 224. The number of methoxy groups -OCH3 is 1. The standard InChI is InChI=1S/C12H21NO2/c1-15-12(14)10-7-8-13-11(10)9-5-3-2-4-6-9/h9-11,13H,2-8H2,1H3. The first-order valence-corrected chi connectivity index (χ1v) is 6.14. The highest BCUT2D eigenvalue weighted by Crippen LogP contribution is 2.33. The van der Waals surface area contributed by atoms with Crippen LogP contribution in [-0.4, -0.2) is 25.7 Å². The lowest BCUT2D eigenvalue weighted by molar-refractivity contribution is -0.146. The fraction of sp³-hybridized carbons (Fsp3) is 0.917. The molecular formula is C12H21NO2. The summed E-state index contributed by atoms with van der Waals surface area (Å²) in [5.74, 6) is 0.791. The molecule has 0 aromatic rings. The van der Waals surface area contributed by atoms with Crippen LogP contribution in [0.1, 0.15) is 38.5 Å². The molecule has 1 aliphatic carbocycles. The lowest BCUT2D eigenvalue weighted by atomic mass is 9.79. The van der Waals surface area contributed by atoms with Crippen LogP contribution in [0, 0.1) is 11.8 Å². The third-order valence-corrected chi connectivity index (χ3v) is 3.93. The SMILES string of the molecule is COC(=O)C1CCNC1C1CCCCC1. The number of hydrogen-bond acceptors (Lipinski definition) is 3. The molecule has 3 nitrogen and oxygen atoms in total. The summed E-state index contributed by atoms with van der Waals surface area (Å²) in [4.78, 5) is 11.6. The van der Waals surface area contributed by atoms with E-state index >= 15 is 0 Å². The molecule has 1 saturated carbocycles. The lowest BCUT2D eigenvalue weighted by Gasteiger charge is -2.30. The monoisotopic (exact) mass is 211 g/mol. The van der Waals surface area contributed by atoms with Crippen molar-refractivity contribution in [3.05, 3.63) is 0 Å². The van der Waals surface area contributed by atoms with Gasteiger partial charge >= 0.3 is 5.97 Å². The van der Waals surface area contributed by atoms with Crippen molar-refractivity contribution in [1.29, 1.82) is 0 Å². The van der Waals surface area contributed by atoms with E-state index in [4.69, 9.17) is 4.74 Å². The van der Waals surface area contributed by atoms with E-state index in [1.54, 1.807) is 0 Å². The van der Waals surface area contributed by atoms with Crippen LogP contribution in [0.4, 0.5) is 0 Å². The molecule has 0 radical (unpaired) electrons. The van der Waals surface area contributed by atoms with Crippen molar-refractivity contribution in [2.24, 2.45) is 11.8 Å². The van der Waals surface area contributed by atoms with Gasteiger partial charge in [-0.05, 0) is 31.7 Å². The van der Waals surface area contributed by atoms with E-state index in [9.17, 15) is 4.79 Å². The summed E-state index contributed by atoms with van der Waals surface area (Å²) in [6, 6.07) is 0.387. The second-order valence-electron chi connectivity index (χ2n) is 4.80. The van der Waals surface area contributed by atoms with E-state index in [1.807, 2.05) is 0 Å². The van der Waals surface area contributed by atoms with E-state index in [2.05, 4.69) is 5.32 Å². The molecule has 2 atom stereocenters. The first kappa shape index (κ1) is 10.9. The molecule has 2 unspecified atom stereocenters. The molecule has 2 rings (SSSR count). The van der Waals surface area contributed by atoms with Crippen LogP contribution in [0.5, 0.6) is 0 Å². The van der Waals surface area contributed by atoms with Crippen molar-refractivity contribution in [1.82, 2.24) is 5.32 Å².